The van der Waals surface area contributed by atoms with E-state index in [1.807, 2.05) is 20.8 Å². The van der Waals surface area contributed by atoms with Gasteiger partial charge < -0.3 is 4.74 Å². The Morgan fingerprint density at radius 3 is 2.72 bits per heavy atom. The smallest absolute Gasteiger partial charge is 0.309 e. The number of fused-ring (bicyclic) bond motifs is 2. The lowest BCUT2D eigenvalue weighted by atomic mass is 9.89. The van der Waals surface area contributed by atoms with E-state index >= 15 is 0 Å². The van der Waals surface area contributed by atoms with Crippen LogP contribution >= 0.6 is 0 Å². The maximum Gasteiger partial charge on any atom is 0.309 e. The van der Waals surface area contributed by atoms with E-state index in [-0.39, 0.29) is 29.7 Å². The predicted molar refractivity (Wildman–Crippen MR) is 66.7 cm³/mol. The Morgan fingerprint density at radius 1 is 1.28 bits per heavy atom. The molecule has 1 saturated heterocycles. The maximum atomic E-state index is 12.0. The van der Waals surface area contributed by atoms with Gasteiger partial charge in [-0.1, -0.05) is 18.6 Å². The number of allylic oxidation sites excluding steroid dienone is 4. The molecule has 0 spiro atoms. The highest BCUT2D eigenvalue weighted by molar-refractivity contribution is 6.13. The third kappa shape index (κ3) is 1.43. The number of ether oxygens (including phenoxy) is 1. The van der Waals surface area contributed by atoms with E-state index in [0.717, 1.165) is 22.3 Å². The highest BCUT2D eigenvalue weighted by Gasteiger charge is 2.43. The molecule has 0 aromatic carbocycles. The van der Waals surface area contributed by atoms with Gasteiger partial charge in [0.1, 0.15) is 6.10 Å². The Hall–Kier alpha value is -1.64. The quantitative estimate of drug-likeness (QED) is 0.614. The number of hydrogen-bond acceptors (Lipinski definition) is 3. The van der Waals surface area contributed by atoms with E-state index in [1.54, 1.807) is 6.08 Å². The molecule has 2 aliphatic carbocycles. The fourth-order valence-electron chi connectivity index (χ4n) is 3.17. The lowest BCUT2D eigenvalue weighted by Crippen LogP contribution is -2.17. The minimum Gasteiger partial charge on any atom is -0.461 e. The molecule has 0 aromatic rings. The average molecular weight is 244 g/mol. The van der Waals surface area contributed by atoms with E-state index in [9.17, 15) is 9.59 Å². The summed E-state index contributed by atoms with van der Waals surface area (Å²) in [6, 6.07) is 0. The molecule has 0 N–H and O–H groups in total. The summed E-state index contributed by atoms with van der Waals surface area (Å²) in [5, 5.41) is 0. The molecule has 0 radical (unpaired) electrons. The van der Waals surface area contributed by atoms with Crippen molar-refractivity contribution in [3.63, 3.8) is 0 Å². The van der Waals surface area contributed by atoms with Gasteiger partial charge in [0, 0.05) is 17.9 Å². The van der Waals surface area contributed by atoms with Gasteiger partial charge in [-0.3, -0.25) is 9.59 Å². The second kappa shape index (κ2) is 3.67. The first-order chi connectivity index (χ1) is 8.49. The molecule has 3 aliphatic rings. The largest absolute Gasteiger partial charge is 0.461 e. The number of rotatable bonds is 0. The van der Waals surface area contributed by atoms with Crippen LogP contribution in [0, 0.1) is 11.8 Å². The molecule has 3 rings (SSSR count). The third-order valence-corrected chi connectivity index (χ3v) is 4.23. The number of carbonyl (C=O) groups excluding carboxylic acids is 2. The third-order valence-electron chi connectivity index (χ3n) is 4.23. The van der Waals surface area contributed by atoms with Crippen LogP contribution in [-0.2, 0) is 14.3 Å². The highest BCUT2D eigenvalue weighted by atomic mass is 16.6. The zero-order valence-corrected chi connectivity index (χ0v) is 10.8. The van der Waals surface area contributed by atoms with Crippen molar-refractivity contribution in [3.05, 3.63) is 34.4 Å². The molecule has 1 aliphatic heterocycles. The van der Waals surface area contributed by atoms with Crippen LogP contribution in [0.25, 0.3) is 0 Å². The van der Waals surface area contributed by atoms with Crippen LogP contribution in [-0.4, -0.2) is 17.9 Å². The van der Waals surface area contributed by atoms with Crippen LogP contribution in [0.1, 0.15) is 27.2 Å². The van der Waals surface area contributed by atoms with Crippen molar-refractivity contribution in [3.8, 4) is 0 Å². The Balaban J connectivity index is 2.11. The Kier molecular flexibility index (Phi) is 2.34. The van der Waals surface area contributed by atoms with Crippen LogP contribution in [0.2, 0.25) is 0 Å². The molecule has 0 aromatic heterocycles. The molecule has 1 fully saturated rings. The first-order valence-electron chi connectivity index (χ1n) is 6.34. The van der Waals surface area contributed by atoms with Crippen molar-refractivity contribution in [1.29, 1.82) is 0 Å². The average Bonchev–Trinajstić information content (AvgIpc) is 2.65. The minimum absolute atomic E-state index is 0.0919. The molecule has 3 unspecified atom stereocenters. The van der Waals surface area contributed by atoms with Crippen molar-refractivity contribution in [2.45, 2.75) is 33.3 Å². The second-order valence-corrected chi connectivity index (χ2v) is 5.47. The zero-order chi connectivity index (χ0) is 13.0. The molecule has 0 amide bonds. The van der Waals surface area contributed by atoms with Gasteiger partial charge in [0.15, 0.2) is 5.78 Å². The van der Waals surface area contributed by atoms with Crippen LogP contribution in [0.4, 0.5) is 0 Å². The first kappa shape index (κ1) is 11.5. The molecule has 18 heavy (non-hydrogen) atoms. The highest BCUT2D eigenvalue weighted by Crippen LogP contribution is 2.42. The van der Waals surface area contributed by atoms with Crippen molar-refractivity contribution < 1.29 is 14.3 Å². The molecule has 3 atom stereocenters. The normalized spacial score (nSPS) is 34.7. The molecule has 0 saturated carbocycles. The standard InChI is InChI=1S/C15H16O3/c1-7-4-12(16)14-8(2)5-13-11(6-10(7)14)9(3)15(17)18-13/h4,6,9,11,13H,5H2,1-3H3. The molecule has 3 nitrogen and oxygen atoms in total. The summed E-state index contributed by atoms with van der Waals surface area (Å²) in [4.78, 5) is 23.6. The summed E-state index contributed by atoms with van der Waals surface area (Å²) >= 11 is 0. The van der Waals surface area contributed by atoms with Crippen LogP contribution in [0.3, 0.4) is 0 Å². The Bertz CT molecular complexity index is 548. The van der Waals surface area contributed by atoms with Gasteiger partial charge in [-0.25, -0.2) is 0 Å². The number of carbonyl (C=O) groups is 2. The molecule has 0 bridgehead atoms. The van der Waals surface area contributed by atoms with Gasteiger partial charge in [0.25, 0.3) is 0 Å². The molecular weight excluding hydrogens is 228 g/mol. The first-order valence-corrected chi connectivity index (χ1v) is 6.34. The minimum atomic E-state index is -0.121. The van der Waals surface area contributed by atoms with Crippen molar-refractivity contribution in [2.75, 3.05) is 0 Å². The second-order valence-electron chi connectivity index (χ2n) is 5.47. The lowest BCUT2D eigenvalue weighted by molar-refractivity contribution is -0.143. The van der Waals surface area contributed by atoms with Gasteiger partial charge in [0.05, 0.1) is 5.92 Å². The Labute approximate surface area is 106 Å². The van der Waals surface area contributed by atoms with E-state index in [2.05, 4.69) is 6.08 Å². The SMILES string of the molecule is CC1=CC(=O)C2=C(C)CC3OC(=O)C(C)C3C=C12. The fourth-order valence-corrected chi connectivity index (χ4v) is 3.17. The summed E-state index contributed by atoms with van der Waals surface area (Å²) in [6.07, 6.45) is 4.33. The molecular formula is C15H16O3. The fraction of sp³-hybridized carbons (Fsp3) is 0.467. The molecule has 1 heterocycles. The van der Waals surface area contributed by atoms with Crippen LogP contribution in [0.15, 0.2) is 34.4 Å². The van der Waals surface area contributed by atoms with E-state index < -0.39 is 0 Å². The molecule has 3 heteroatoms. The van der Waals surface area contributed by atoms with Crippen molar-refractivity contribution >= 4 is 11.8 Å². The van der Waals surface area contributed by atoms with Gasteiger partial charge in [-0.05, 0) is 31.1 Å². The Morgan fingerprint density at radius 2 is 2.00 bits per heavy atom. The number of ketones is 1. The summed E-state index contributed by atoms with van der Waals surface area (Å²) in [5.41, 5.74) is 3.87. The summed E-state index contributed by atoms with van der Waals surface area (Å²) in [6.45, 7) is 5.82. The van der Waals surface area contributed by atoms with Crippen LogP contribution in [0.5, 0.6) is 0 Å². The van der Waals surface area contributed by atoms with E-state index in [4.69, 9.17) is 4.74 Å². The lowest BCUT2D eigenvalue weighted by Gasteiger charge is -2.14. The van der Waals surface area contributed by atoms with E-state index in [1.165, 1.54) is 0 Å². The number of esters is 1. The van der Waals surface area contributed by atoms with Gasteiger partial charge in [-0.15, -0.1) is 0 Å². The zero-order valence-electron chi connectivity index (χ0n) is 10.8. The summed E-state index contributed by atoms with van der Waals surface area (Å²) < 4.78 is 5.42. The van der Waals surface area contributed by atoms with Crippen LogP contribution < -0.4 is 0 Å². The monoisotopic (exact) mass is 244 g/mol. The van der Waals surface area contributed by atoms with Crippen molar-refractivity contribution in [1.82, 2.24) is 0 Å². The van der Waals surface area contributed by atoms with Gasteiger partial charge in [-0.2, -0.15) is 0 Å². The molecule has 94 valence electrons. The van der Waals surface area contributed by atoms with Crippen molar-refractivity contribution in [2.24, 2.45) is 11.8 Å². The topological polar surface area (TPSA) is 43.4 Å². The summed E-state index contributed by atoms with van der Waals surface area (Å²) in [7, 11) is 0. The number of hydrogen-bond donors (Lipinski definition) is 0. The summed E-state index contributed by atoms with van der Waals surface area (Å²) in [5.74, 6) is -0.0494. The van der Waals surface area contributed by atoms with Gasteiger partial charge >= 0.3 is 5.97 Å². The maximum absolute atomic E-state index is 12.0. The van der Waals surface area contributed by atoms with Gasteiger partial charge in [0.2, 0.25) is 0 Å². The van der Waals surface area contributed by atoms with E-state index in [0.29, 0.717) is 6.42 Å². The predicted octanol–water partition coefficient (Wildman–Crippen LogP) is 2.34.